The van der Waals surface area contributed by atoms with Gasteiger partial charge in [-0.15, -0.1) is 5.10 Å². The van der Waals surface area contributed by atoms with Crippen LogP contribution in [0.25, 0.3) is 0 Å². The highest BCUT2D eigenvalue weighted by Crippen LogP contribution is 2.26. The van der Waals surface area contributed by atoms with E-state index in [1.807, 2.05) is 6.20 Å². The first-order chi connectivity index (χ1) is 7.31. The molecule has 0 saturated carbocycles. The Morgan fingerprint density at radius 3 is 3.20 bits per heavy atom. The molecular weight excluding hydrogens is 188 g/mol. The van der Waals surface area contributed by atoms with Crippen LogP contribution >= 0.6 is 0 Å². The van der Waals surface area contributed by atoms with Crippen LogP contribution in [0.4, 0.5) is 0 Å². The molecule has 2 atom stereocenters. The third-order valence-corrected chi connectivity index (χ3v) is 3.13. The summed E-state index contributed by atoms with van der Waals surface area (Å²) in [6.45, 7) is 6.54. The van der Waals surface area contributed by atoms with Gasteiger partial charge in [0, 0.05) is 18.5 Å². The molecule has 0 spiro atoms. The molecule has 4 heteroatoms. The van der Waals surface area contributed by atoms with Crippen molar-refractivity contribution in [2.45, 2.75) is 51.6 Å². The molecule has 0 aliphatic carbocycles. The monoisotopic (exact) mass is 208 g/mol. The number of hydrogen-bond donors (Lipinski definition) is 1. The van der Waals surface area contributed by atoms with Crippen LogP contribution in [0.2, 0.25) is 0 Å². The van der Waals surface area contributed by atoms with Crippen molar-refractivity contribution in [2.75, 3.05) is 6.54 Å². The molecule has 84 valence electrons. The molecule has 4 nitrogen and oxygen atoms in total. The van der Waals surface area contributed by atoms with E-state index in [2.05, 4.69) is 34.2 Å². The topological polar surface area (TPSA) is 42.7 Å². The van der Waals surface area contributed by atoms with Gasteiger partial charge in [-0.05, 0) is 32.7 Å². The normalized spacial score (nSPS) is 26.8. The van der Waals surface area contributed by atoms with Gasteiger partial charge in [-0.2, -0.15) is 0 Å². The van der Waals surface area contributed by atoms with E-state index in [0.29, 0.717) is 12.0 Å². The Bertz CT molecular complexity index is 307. The lowest BCUT2D eigenvalue weighted by Crippen LogP contribution is -2.35. The predicted molar refractivity (Wildman–Crippen MR) is 59.8 cm³/mol. The number of nitrogens with one attached hydrogen (secondary N) is 1. The Labute approximate surface area is 91.1 Å². The summed E-state index contributed by atoms with van der Waals surface area (Å²) in [6.07, 6.45) is 5.48. The largest absolute Gasteiger partial charge is 0.314 e. The molecule has 15 heavy (non-hydrogen) atoms. The molecule has 2 rings (SSSR count). The molecule has 1 aromatic heterocycles. The Hall–Kier alpha value is -0.900. The van der Waals surface area contributed by atoms with E-state index in [0.717, 1.165) is 19.5 Å². The van der Waals surface area contributed by atoms with Crippen molar-refractivity contribution in [1.82, 2.24) is 20.3 Å². The van der Waals surface area contributed by atoms with Crippen LogP contribution in [0.15, 0.2) is 6.20 Å². The van der Waals surface area contributed by atoms with Crippen LogP contribution in [0.1, 0.15) is 44.7 Å². The van der Waals surface area contributed by atoms with Gasteiger partial charge in [0.05, 0.1) is 11.9 Å². The van der Waals surface area contributed by atoms with Crippen molar-refractivity contribution in [3.8, 4) is 0 Å². The van der Waals surface area contributed by atoms with Crippen LogP contribution in [0.3, 0.4) is 0 Å². The zero-order chi connectivity index (χ0) is 10.7. The lowest BCUT2D eigenvalue weighted by atomic mass is 9.91. The molecule has 0 radical (unpaired) electrons. The first-order valence-electron chi connectivity index (χ1n) is 5.93. The van der Waals surface area contributed by atoms with E-state index in [1.54, 1.807) is 0 Å². The van der Waals surface area contributed by atoms with Crippen LogP contribution in [0, 0.1) is 0 Å². The fourth-order valence-electron chi connectivity index (χ4n) is 2.37. The Morgan fingerprint density at radius 1 is 1.60 bits per heavy atom. The summed E-state index contributed by atoms with van der Waals surface area (Å²) in [7, 11) is 0. The smallest absolute Gasteiger partial charge is 0.0728 e. The fourth-order valence-corrected chi connectivity index (χ4v) is 2.37. The molecule has 1 aromatic rings. The van der Waals surface area contributed by atoms with E-state index >= 15 is 0 Å². The van der Waals surface area contributed by atoms with E-state index in [4.69, 9.17) is 0 Å². The lowest BCUT2D eigenvalue weighted by molar-refractivity contribution is 0.363. The van der Waals surface area contributed by atoms with Crippen molar-refractivity contribution >= 4 is 0 Å². The number of aromatic nitrogens is 3. The quantitative estimate of drug-likeness (QED) is 0.819. The average molecular weight is 208 g/mol. The molecular formula is C11H20N4. The maximum Gasteiger partial charge on any atom is 0.0728 e. The van der Waals surface area contributed by atoms with Crippen LogP contribution in [-0.2, 0) is 6.54 Å². The molecule has 2 heterocycles. The zero-order valence-electron chi connectivity index (χ0n) is 9.61. The van der Waals surface area contributed by atoms with Gasteiger partial charge >= 0.3 is 0 Å². The van der Waals surface area contributed by atoms with E-state index in [9.17, 15) is 0 Å². The highest BCUT2D eigenvalue weighted by Gasteiger charge is 2.22. The van der Waals surface area contributed by atoms with Crippen LogP contribution < -0.4 is 5.32 Å². The van der Waals surface area contributed by atoms with Crippen molar-refractivity contribution < 1.29 is 0 Å². The number of piperidine rings is 1. The van der Waals surface area contributed by atoms with Crippen LogP contribution in [-0.4, -0.2) is 27.6 Å². The summed E-state index contributed by atoms with van der Waals surface area (Å²) in [5.74, 6) is 0.641. The van der Waals surface area contributed by atoms with Crippen molar-refractivity contribution in [3.63, 3.8) is 0 Å². The SMILES string of the molecule is CCCn1nncc1C1CCNC(C)C1. The molecule has 1 saturated heterocycles. The Morgan fingerprint density at radius 2 is 2.47 bits per heavy atom. The van der Waals surface area contributed by atoms with Crippen molar-refractivity contribution in [3.05, 3.63) is 11.9 Å². The highest BCUT2D eigenvalue weighted by atomic mass is 15.4. The second-order valence-electron chi connectivity index (χ2n) is 4.46. The summed E-state index contributed by atoms with van der Waals surface area (Å²) in [5.41, 5.74) is 1.32. The van der Waals surface area contributed by atoms with E-state index in [1.165, 1.54) is 18.5 Å². The summed E-state index contributed by atoms with van der Waals surface area (Å²) in [6, 6.07) is 0.619. The third-order valence-electron chi connectivity index (χ3n) is 3.13. The van der Waals surface area contributed by atoms with Gasteiger partial charge in [0.1, 0.15) is 0 Å². The standard InChI is InChI=1S/C11H20N4/c1-3-6-15-11(8-13-14-15)10-4-5-12-9(2)7-10/h8-10,12H,3-7H2,1-2H3. The van der Waals surface area contributed by atoms with Gasteiger partial charge in [-0.3, -0.25) is 0 Å². The molecule has 1 fully saturated rings. The maximum absolute atomic E-state index is 4.15. The minimum Gasteiger partial charge on any atom is -0.314 e. The predicted octanol–water partition coefficient (Wildman–Crippen LogP) is 1.54. The summed E-state index contributed by atoms with van der Waals surface area (Å²) in [5, 5.41) is 11.7. The van der Waals surface area contributed by atoms with Gasteiger partial charge in [0.15, 0.2) is 0 Å². The number of aryl methyl sites for hydroxylation is 1. The van der Waals surface area contributed by atoms with Gasteiger partial charge in [0.25, 0.3) is 0 Å². The Balaban J connectivity index is 2.10. The van der Waals surface area contributed by atoms with E-state index < -0.39 is 0 Å². The number of rotatable bonds is 3. The summed E-state index contributed by atoms with van der Waals surface area (Å²) >= 11 is 0. The summed E-state index contributed by atoms with van der Waals surface area (Å²) in [4.78, 5) is 0. The van der Waals surface area contributed by atoms with Crippen molar-refractivity contribution in [1.29, 1.82) is 0 Å². The van der Waals surface area contributed by atoms with Crippen molar-refractivity contribution in [2.24, 2.45) is 0 Å². The highest BCUT2D eigenvalue weighted by molar-refractivity contribution is 5.05. The molecule has 2 unspecified atom stereocenters. The van der Waals surface area contributed by atoms with E-state index in [-0.39, 0.29) is 0 Å². The van der Waals surface area contributed by atoms with Gasteiger partial charge in [0.2, 0.25) is 0 Å². The number of nitrogens with zero attached hydrogens (tertiary/aromatic N) is 3. The van der Waals surface area contributed by atoms with Gasteiger partial charge in [-0.25, -0.2) is 4.68 Å². The minimum atomic E-state index is 0.619. The molecule has 1 N–H and O–H groups in total. The van der Waals surface area contributed by atoms with Gasteiger partial charge < -0.3 is 5.32 Å². The second kappa shape index (κ2) is 4.75. The fraction of sp³-hybridized carbons (Fsp3) is 0.818. The lowest BCUT2D eigenvalue weighted by Gasteiger charge is -2.27. The molecule has 0 amide bonds. The molecule has 0 bridgehead atoms. The molecule has 1 aliphatic rings. The summed E-state index contributed by atoms with van der Waals surface area (Å²) < 4.78 is 2.07. The van der Waals surface area contributed by atoms with Gasteiger partial charge in [-0.1, -0.05) is 12.1 Å². The molecule has 1 aliphatic heterocycles. The van der Waals surface area contributed by atoms with Crippen LogP contribution in [0.5, 0.6) is 0 Å². The first kappa shape index (κ1) is 10.6. The zero-order valence-corrected chi connectivity index (χ0v) is 9.61. The second-order valence-corrected chi connectivity index (χ2v) is 4.46. The minimum absolute atomic E-state index is 0.619. The molecule has 0 aromatic carbocycles. The maximum atomic E-state index is 4.15. The third kappa shape index (κ3) is 2.37. The number of hydrogen-bond acceptors (Lipinski definition) is 3. The average Bonchev–Trinajstić information content (AvgIpc) is 2.66. The Kier molecular flexibility index (Phi) is 3.36. The first-order valence-corrected chi connectivity index (χ1v) is 5.93.